The number of pyridine rings is 1. The molecule has 164 valence electrons. The quantitative estimate of drug-likeness (QED) is 0.324. The van der Waals surface area contributed by atoms with E-state index in [-0.39, 0.29) is 0 Å². The lowest BCUT2D eigenvalue weighted by Crippen LogP contribution is -2.30. The number of fused-ring (bicyclic) bond motifs is 1. The van der Waals surface area contributed by atoms with Crippen LogP contribution in [0.2, 0.25) is 5.02 Å². The predicted molar refractivity (Wildman–Crippen MR) is 131 cm³/mol. The van der Waals surface area contributed by atoms with Gasteiger partial charge in [0.1, 0.15) is 5.82 Å². The highest BCUT2D eigenvalue weighted by Gasteiger charge is 2.18. The summed E-state index contributed by atoms with van der Waals surface area (Å²) in [5.74, 6) is 1.80. The number of piperidine rings is 1. The highest BCUT2D eigenvalue weighted by atomic mass is 35.5. The molecule has 2 aromatic heterocycles. The number of rotatable bonds is 7. The summed E-state index contributed by atoms with van der Waals surface area (Å²) in [6.07, 6.45) is 5.69. The Morgan fingerprint density at radius 1 is 0.875 bits per heavy atom. The molecule has 0 atom stereocenters. The monoisotopic (exact) mass is 463 g/mol. The van der Waals surface area contributed by atoms with Crippen molar-refractivity contribution in [1.29, 1.82) is 0 Å². The first-order valence-electron chi connectivity index (χ1n) is 11.1. The normalized spacial score (nSPS) is 14.8. The molecule has 1 saturated heterocycles. The van der Waals surface area contributed by atoms with Gasteiger partial charge in [0.05, 0.1) is 18.6 Å². The Balaban J connectivity index is 1.41. The first-order chi connectivity index (χ1) is 15.8. The van der Waals surface area contributed by atoms with Crippen LogP contribution in [-0.4, -0.2) is 37.7 Å². The molecule has 5 rings (SSSR count). The van der Waals surface area contributed by atoms with E-state index in [2.05, 4.69) is 61.0 Å². The van der Waals surface area contributed by atoms with Crippen molar-refractivity contribution in [3.8, 4) is 0 Å². The van der Waals surface area contributed by atoms with Gasteiger partial charge in [-0.15, -0.1) is 10.2 Å². The molecular weight excluding hydrogens is 438 g/mol. The summed E-state index contributed by atoms with van der Waals surface area (Å²) >= 11 is 8.09. The highest BCUT2D eigenvalue weighted by molar-refractivity contribution is 7.98. The number of aromatic nitrogens is 4. The van der Waals surface area contributed by atoms with Gasteiger partial charge in [-0.25, -0.2) is 0 Å². The summed E-state index contributed by atoms with van der Waals surface area (Å²) in [6, 6.07) is 18.5. The van der Waals surface area contributed by atoms with Gasteiger partial charge in [0.2, 0.25) is 0 Å². The number of halogens is 1. The lowest BCUT2D eigenvalue weighted by Gasteiger charge is -2.26. The van der Waals surface area contributed by atoms with Crippen LogP contribution < -0.4 is 0 Å². The number of benzene rings is 2. The van der Waals surface area contributed by atoms with Gasteiger partial charge < -0.3 is 4.57 Å². The predicted octanol–water partition coefficient (Wildman–Crippen LogP) is 5.81. The van der Waals surface area contributed by atoms with E-state index in [0.29, 0.717) is 0 Å². The smallest absolute Gasteiger partial charge is 0.191 e. The average Bonchev–Trinajstić information content (AvgIpc) is 3.21. The molecular formula is C25H26ClN5S. The minimum Gasteiger partial charge on any atom is -0.300 e. The van der Waals surface area contributed by atoms with Crippen LogP contribution in [0.1, 0.15) is 36.2 Å². The molecule has 1 aliphatic rings. The zero-order chi connectivity index (χ0) is 21.8. The number of hydrogen-bond acceptors (Lipinski definition) is 5. The Morgan fingerprint density at radius 3 is 2.56 bits per heavy atom. The lowest BCUT2D eigenvalue weighted by atomic mass is 10.1. The molecule has 0 unspecified atom stereocenters. The summed E-state index contributed by atoms with van der Waals surface area (Å²) in [4.78, 5) is 7.08. The van der Waals surface area contributed by atoms with Gasteiger partial charge in [-0.2, -0.15) is 0 Å². The molecule has 4 aromatic rings. The minimum absolute atomic E-state index is 0.734. The first kappa shape index (κ1) is 21.4. The molecule has 32 heavy (non-hydrogen) atoms. The van der Waals surface area contributed by atoms with Gasteiger partial charge in [0, 0.05) is 22.4 Å². The van der Waals surface area contributed by atoms with E-state index in [9.17, 15) is 0 Å². The summed E-state index contributed by atoms with van der Waals surface area (Å²) in [5, 5.41) is 11.9. The fraction of sp³-hybridized carbons (Fsp3) is 0.320. The van der Waals surface area contributed by atoms with Crippen molar-refractivity contribution in [2.45, 2.75) is 43.3 Å². The topological polar surface area (TPSA) is 46.8 Å². The lowest BCUT2D eigenvalue weighted by molar-refractivity contribution is 0.213. The molecule has 0 spiro atoms. The number of likely N-dealkylation sites (tertiary alicyclic amines) is 1. The Labute approximate surface area is 197 Å². The van der Waals surface area contributed by atoms with Crippen molar-refractivity contribution < 1.29 is 0 Å². The van der Waals surface area contributed by atoms with Gasteiger partial charge in [0.15, 0.2) is 5.16 Å². The van der Waals surface area contributed by atoms with E-state index >= 15 is 0 Å². The van der Waals surface area contributed by atoms with Crippen LogP contribution in [0.3, 0.4) is 0 Å². The van der Waals surface area contributed by atoms with Crippen LogP contribution in [0, 0.1) is 0 Å². The molecule has 0 radical (unpaired) electrons. The maximum absolute atomic E-state index is 6.38. The molecule has 0 bridgehead atoms. The standard InChI is InChI=1S/C25H26ClN5S/c26-22-12-11-20(24-21(22)10-7-13-27-24)18-32-25-29-28-23(17-30-14-5-2-6-15-30)31(25)16-19-8-3-1-4-9-19/h1,3-4,7-13H,2,5-6,14-18H2. The second-order valence-corrected chi connectivity index (χ2v) is 9.55. The number of thioether (sulfide) groups is 1. The van der Waals surface area contributed by atoms with Crippen LogP contribution in [0.25, 0.3) is 10.9 Å². The van der Waals surface area contributed by atoms with Crippen molar-refractivity contribution >= 4 is 34.3 Å². The molecule has 7 heteroatoms. The molecule has 2 aromatic carbocycles. The van der Waals surface area contributed by atoms with Crippen molar-refractivity contribution in [2.75, 3.05) is 13.1 Å². The fourth-order valence-corrected chi connectivity index (χ4v) is 5.40. The van der Waals surface area contributed by atoms with E-state index in [4.69, 9.17) is 11.6 Å². The Kier molecular flexibility index (Phi) is 6.72. The van der Waals surface area contributed by atoms with Gasteiger partial charge in [-0.05, 0) is 55.3 Å². The second kappa shape index (κ2) is 10.0. The zero-order valence-electron chi connectivity index (χ0n) is 18.0. The molecule has 1 aliphatic heterocycles. The maximum Gasteiger partial charge on any atom is 0.191 e. The molecule has 0 N–H and O–H groups in total. The fourth-order valence-electron chi connectivity index (χ4n) is 4.24. The third-order valence-corrected chi connectivity index (χ3v) is 7.29. The van der Waals surface area contributed by atoms with Crippen molar-refractivity contribution in [3.05, 3.63) is 82.8 Å². The van der Waals surface area contributed by atoms with E-state index in [1.807, 2.05) is 24.4 Å². The zero-order valence-corrected chi connectivity index (χ0v) is 19.5. The third-order valence-electron chi connectivity index (χ3n) is 5.95. The van der Waals surface area contributed by atoms with Gasteiger partial charge >= 0.3 is 0 Å². The second-order valence-electron chi connectivity index (χ2n) is 8.20. The summed E-state index contributed by atoms with van der Waals surface area (Å²) < 4.78 is 2.28. The molecule has 1 fully saturated rings. The van der Waals surface area contributed by atoms with Crippen LogP contribution >= 0.6 is 23.4 Å². The van der Waals surface area contributed by atoms with Crippen LogP contribution in [0.4, 0.5) is 0 Å². The van der Waals surface area contributed by atoms with Gasteiger partial charge in [-0.1, -0.05) is 66.2 Å². The van der Waals surface area contributed by atoms with Gasteiger partial charge in [-0.3, -0.25) is 9.88 Å². The minimum atomic E-state index is 0.734. The van der Waals surface area contributed by atoms with Crippen molar-refractivity contribution in [1.82, 2.24) is 24.6 Å². The number of nitrogens with zero attached hydrogens (tertiary/aromatic N) is 5. The Morgan fingerprint density at radius 2 is 1.72 bits per heavy atom. The van der Waals surface area contributed by atoms with Gasteiger partial charge in [0.25, 0.3) is 0 Å². The van der Waals surface area contributed by atoms with E-state index in [1.54, 1.807) is 11.8 Å². The van der Waals surface area contributed by atoms with Crippen molar-refractivity contribution in [3.63, 3.8) is 0 Å². The van der Waals surface area contributed by atoms with E-state index in [0.717, 1.165) is 64.4 Å². The van der Waals surface area contributed by atoms with E-state index < -0.39 is 0 Å². The van der Waals surface area contributed by atoms with Crippen LogP contribution in [-0.2, 0) is 18.8 Å². The molecule has 0 amide bonds. The SMILES string of the molecule is Clc1ccc(CSc2nnc(CN3CCCCC3)n2Cc2ccccc2)c2ncccc12. The number of hydrogen-bond donors (Lipinski definition) is 0. The van der Waals surface area contributed by atoms with E-state index in [1.165, 1.54) is 24.8 Å². The molecule has 5 nitrogen and oxygen atoms in total. The first-order valence-corrected chi connectivity index (χ1v) is 12.5. The Hall–Kier alpha value is -2.41. The summed E-state index contributed by atoms with van der Waals surface area (Å²) in [7, 11) is 0. The van der Waals surface area contributed by atoms with Crippen LogP contribution in [0.15, 0.2) is 66.0 Å². The third kappa shape index (κ3) is 4.82. The molecule has 0 saturated carbocycles. The molecule has 3 heterocycles. The summed E-state index contributed by atoms with van der Waals surface area (Å²) in [6.45, 7) is 3.91. The van der Waals surface area contributed by atoms with Crippen molar-refractivity contribution in [2.24, 2.45) is 0 Å². The average molecular weight is 464 g/mol. The largest absolute Gasteiger partial charge is 0.300 e. The van der Waals surface area contributed by atoms with Crippen LogP contribution in [0.5, 0.6) is 0 Å². The Bertz CT molecular complexity index is 1190. The highest BCUT2D eigenvalue weighted by Crippen LogP contribution is 2.30. The molecule has 0 aliphatic carbocycles. The summed E-state index contributed by atoms with van der Waals surface area (Å²) in [5.41, 5.74) is 3.37. The maximum atomic E-state index is 6.38.